The Bertz CT molecular complexity index is 808. The van der Waals surface area contributed by atoms with Gasteiger partial charge in [0, 0.05) is 13.1 Å². The zero-order valence-corrected chi connectivity index (χ0v) is 17.6. The molecule has 0 spiro atoms. The molecule has 26 heavy (non-hydrogen) atoms. The first kappa shape index (κ1) is 19.0. The molecule has 2 heterocycles. The average Bonchev–Trinajstić information content (AvgIpc) is 3.01. The Morgan fingerprint density at radius 1 is 1.38 bits per heavy atom. The second-order valence-corrected chi connectivity index (χ2v) is 7.88. The Morgan fingerprint density at radius 2 is 2.12 bits per heavy atom. The summed E-state index contributed by atoms with van der Waals surface area (Å²) >= 11 is 4.99. The number of methoxy groups -OCH3 is 1. The molecule has 2 aromatic rings. The molecule has 0 aliphatic carbocycles. The summed E-state index contributed by atoms with van der Waals surface area (Å²) in [7, 11) is 1.63. The first-order valence-electron chi connectivity index (χ1n) is 8.47. The molecule has 2 atom stereocenters. The molecule has 0 saturated carbocycles. The highest BCUT2D eigenvalue weighted by Gasteiger charge is 2.39. The maximum Gasteiger partial charge on any atom is 0.238 e. The van der Waals surface area contributed by atoms with Crippen LogP contribution in [-0.2, 0) is 4.79 Å². The molecule has 1 aliphatic rings. The predicted octanol–water partition coefficient (Wildman–Crippen LogP) is 2.99. The first-order chi connectivity index (χ1) is 12.5. The van der Waals surface area contributed by atoms with Gasteiger partial charge < -0.3 is 15.1 Å². The SMILES string of the molecule is CCN(CC)C(=O)[C@H]1Sc2nnc(C)n2N[C@H]1c1ccc(OC)c(Br)c1. The van der Waals surface area contributed by atoms with Crippen molar-refractivity contribution in [2.75, 3.05) is 25.6 Å². The second kappa shape index (κ2) is 7.87. The van der Waals surface area contributed by atoms with Crippen molar-refractivity contribution in [1.82, 2.24) is 19.8 Å². The van der Waals surface area contributed by atoms with Crippen LogP contribution in [0.25, 0.3) is 0 Å². The summed E-state index contributed by atoms with van der Waals surface area (Å²) in [5.41, 5.74) is 4.42. The van der Waals surface area contributed by atoms with Crippen molar-refractivity contribution in [3.05, 3.63) is 34.1 Å². The molecule has 1 aromatic carbocycles. The van der Waals surface area contributed by atoms with Crippen LogP contribution in [0.15, 0.2) is 27.8 Å². The van der Waals surface area contributed by atoms with Crippen LogP contribution in [0.2, 0.25) is 0 Å². The van der Waals surface area contributed by atoms with Crippen molar-refractivity contribution in [2.24, 2.45) is 0 Å². The minimum atomic E-state index is -0.328. The number of benzene rings is 1. The molecule has 7 nitrogen and oxygen atoms in total. The Kier molecular flexibility index (Phi) is 5.76. The summed E-state index contributed by atoms with van der Waals surface area (Å²) in [4.78, 5) is 15.0. The Balaban J connectivity index is 2.02. The predicted molar refractivity (Wildman–Crippen MR) is 105 cm³/mol. The number of ether oxygens (including phenoxy) is 1. The van der Waals surface area contributed by atoms with E-state index < -0.39 is 0 Å². The smallest absolute Gasteiger partial charge is 0.238 e. The van der Waals surface area contributed by atoms with Crippen molar-refractivity contribution in [3.63, 3.8) is 0 Å². The molecule has 0 radical (unpaired) electrons. The van der Waals surface area contributed by atoms with Crippen molar-refractivity contribution in [1.29, 1.82) is 0 Å². The number of rotatable bonds is 5. The molecule has 1 amide bonds. The van der Waals surface area contributed by atoms with Gasteiger partial charge in [-0.05, 0) is 54.4 Å². The largest absolute Gasteiger partial charge is 0.496 e. The minimum absolute atomic E-state index is 0.0938. The summed E-state index contributed by atoms with van der Waals surface area (Å²) in [5.74, 6) is 1.61. The van der Waals surface area contributed by atoms with Gasteiger partial charge in [-0.15, -0.1) is 10.2 Å². The third kappa shape index (κ3) is 3.42. The van der Waals surface area contributed by atoms with E-state index in [4.69, 9.17) is 4.74 Å². The molecule has 1 aliphatic heterocycles. The van der Waals surface area contributed by atoms with Gasteiger partial charge in [0.15, 0.2) is 0 Å². The van der Waals surface area contributed by atoms with E-state index in [9.17, 15) is 4.79 Å². The topological polar surface area (TPSA) is 72.3 Å². The molecule has 9 heteroatoms. The second-order valence-electron chi connectivity index (χ2n) is 5.91. The third-order valence-electron chi connectivity index (χ3n) is 4.45. The molecule has 0 unspecified atom stereocenters. The van der Waals surface area contributed by atoms with Gasteiger partial charge >= 0.3 is 0 Å². The lowest BCUT2D eigenvalue weighted by Gasteiger charge is -2.35. The first-order valence-corrected chi connectivity index (χ1v) is 10.1. The van der Waals surface area contributed by atoms with Gasteiger partial charge in [-0.25, -0.2) is 4.68 Å². The fraction of sp³-hybridized carbons (Fsp3) is 0.471. The number of thioether (sulfide) groups is 1. The zero-order valence-electron chi connectivity index (χ0n) is 15.2. The molecule has 0 saturated heterocycles. The van der Waals surface area contributed by atoms with Crippen molar-refractivity contribution in [3.8, 4) is 5.75 Å². The van der Waals surface area contributed by atoms with E-state index in [1.807, 2.05) is 48.5 Å². The molecular formula is C17H22BrN5O2S. The van der Waals surface area contributed by atoms with Crippen LogP contribution >= 0.6 is 27.7 Å². The fourth-order valence-corrected chi connectivity index (χ4v) is 4.76. The van der Waals surface area contributed by atoms with Crippen molar-refractivity contribution < 1.29 is 9.53 Å². The van der Waals surface area contributed by atoms with Crippen LogP contribution in [0.5, 0.6) is 5.75 Å². The number of fused-ring (bicyclic) bond motifs is 1. The van der Waals surface area contributed by atoms with Crippen LogP contribution < -0.4 is 10.2 Å². The fourth-order valence-electron chi connectivity index (χ4n) is 2.99. The van der Waals surface area contributed by atoms with Gasteiger partial charge in [-0.3, -0.25) is 4.79 Å². The Hall–Kier alpha value is -1.74. The number of halogens is 1. The number of amides is 1. The molecule has 140 valence electrons. The lowest BCUT2D eigenvalue weighted by atomic mass is 10.0. The molecule has 1 N–H and O–H groups in total. The highest BCUT2D eigenvalue weighted by atomic mass is 79.9. The van der Waals surface area contributed by atoms with Crippen LogP contribution in [0.3, 0.4) is 0 Å². The van der Waals surface area contributed by atoms with Gasteiger partial charge in [-0.2, -0.15) is 0 Å². The Labute approximate surface area is 165 Å². The number of nitrogens with zero attached hydrogens (tertiary/aromatic N) is 4. The average molecular weight is 440 g/mol. The van der Waals surface area contributed by atoms with E-state index in [2.05, 4.69) is 31.6 Å². The van der Waals surface area contributed by atoms with E-state index in [0.29, 0.717) is 18.2 Å². The number of aromatic nitrogens is 3. The summed E-state index contributed by atoms with van der Waals surface area (Å²) < 4.78 is 8.02. The Morgan fingerprint density at radius 3 is 2.73 bits per heavy atom. The quantitative estimate of drug-likeness (QED) is 0.771. The molecule has 0 fully saturated rings. The number of carbonyl (C=O) groups is 1. The van der Waals surface area contributed by atoms with Crippen LogP contribution in [0.1, 0.15) is 31.3 Å². The van der Waals surface area contributed by atoms with E-state index >= 15 is 0 Å². The van der Waals surface area contributed by atoms with E-state index in [-0.39, 0.29) is 17.2 Å². The van der Waals surface area contributed by atoms with Crippen molar-refractivity contribution >= 4 is 33.6 Å². The maximum absolute atomic E-state index is 13.1. The number of hydrogen-bond acceptors (Lipinski definition) is 6. The van der Waals surface area contributed by atoms with E-state index in [0.717, 1.165) is 21.6 Å². The van der Waals surface area contributed by atoms with E-state index in [1.165, 1.54) is 11.8 Å². The number of aryl methyl sites for hydroxylation is 1. The highest BCUT2D eigenvalue weighted by Crippen LogP contribution is 2.39. The molecule has 0 bridgehead atoms. The molecular weight excluding hydrogens is 418 g/mol. The zero-order chi connectivity index (χ0) is 18.8. The molecule has 3 rings (SSSR count). The standard InChI is InChI=1S/C17H22BrN5O2S/c1-5-22(6-2)16(24)15-14(11-7-8-13(25-4)12(18)9-11)21-23-10(3)19-20-17(23)26-15/h7-9,14-15,21H,5-6H2,1-4H3/t14-,15-/m0/s1. The van der Waals surface area contributed by atoms with Gasteiger partial charge in [0.2, 0.25) is 11.1 Å². The summed E-state index contributed by atoms with van der Waals surface area (Å²) in [6, 6.07) is 5.66. The lowest BCUT2D eigenvalue weighted by Crippen LogP contribution is -2.46. The number of nitrogens with one attached hydrogen (secondary N) is 1. The summed E-state index contributed by atoms with van der Waals surface area (Å²) in [6.45, 7) is 7.23. The van der Waals surface area contributed by atoms with Crippen LogP contribution in [0, 0.1) is 6.92 Å². The van der Waals surface area contributed by atoms with Gasteiger partial charge in [0.25, 0.3) is 0 Å². The normalized spacial score (nSPS) is 18.8. The lowest BCUT2D eigenvalue weighted by molar-refractivity contribution is -0.130. The monoisotopic (exact) mass is 439 g/mol. The third-order valence-corrected chi connectivity index (χ3v) is 6.27. The van der Waals surface area contributed by atoms with Gasteiger partial charge in [0.1, 0.15) is 16.8 Å². The maximum atomic E-state index is 13.1. The van der Waals surface area contributed by atoms with Crippen LogP contribution in [-0.4, -0.2) is 51.1 Å². The highest BCUT2D eigenvalue weighted by molar-refractivity contribution is 9.10. The van der Waals surface area contributed by atoms with E-state index in [1.54, 1.807) is 7.11 Å². The van der Waals surface area contributed by atoms with Gasteiger partial charge in [0.05, 0.1) is 17.6 Å². The van der Waals surface area contributed by atoms with Crippen molar-refractivity contribution in [2.45, 2.75) is 37.2 Å². The summed E-state index contributed by atoms with van der Waals surface area (Å²) in [6.07, 6.45) is 0. The number of hydrogen-bond donors (Lipinski definition) is 1. The number of carbonyl (C=O) groups excluding carboxylic acids is 1. The van der Waals surface area contributed by atoms with Crippen LogP contribution in [0.4, 0.5) is 0 Å². The minimum Gasteiger partial charge on any atom is -0.496 e. The van der Waals surface area contributed by atoms with Gasteiger partial charge in [-0.1, -0.05) is 17.8 Å². The summed E-state index contributed by atoms with van der Waals surface area (Å²) in [5, 5.41) is 8.69. The molecule has 1 aromatic heterocycles.